The van der Waals surface area contributed by atoms with Crippen molar-refractivity contribution in [3.05, 3.63) is 64.9 Å². The van der Waals surface area contributed by atoms with Crippen molar-refractivity contribution < 1.29 is 22.6 Å². The van der Waals surface area contributed by atoms with Gasteiger partial charge in [-0.3, -0.25) is 5.73 Å². The smallest absolute Gasteiger partial charge is 0.418 e. The van der Waals surface area contributed by atoms with Gasteiger partial charge in [0.15, 0.2) is 17.2 Å². The van der Waals surface area contributed by atoms with Crippen LogP contribution in [-0.2, 0) is 5.66 Å². The summed E-state index contributed by atoms with van der Waals surface area (Å²) >= 11 is 0. The standard InChI is InChI=1S/C20H19F3N4O2/c1-11-3-5-14(7-12(11)2)26-18-25-9-17(20(21,22)23)19(24,27-18)13-4-6-15-16(8-13)29-10-28-15/h3-9H,10,24H2,1-2H3,(H2,25,26,27). The van der Waals surface area contributed by atoms with E-state index in [1.54, 1.807) is 0 Å². The fourth-order valence-electron chi connectivity index (χ4n) is 3.19. The molecule has 0 fully saturated rings. The third-order valence-electron chi connectivity index (χ3n) is 4.94. The number of nitrogens with two attached hydrogens (primary N) is 1. The minimum Gasteiger partial charge on any atom is -0.454 e. The van der Waals surface area contributed by atoms with Crippen LogP contribution in [-0.4, -0.2) is 18.9 Å². The average Bonchev–Trinajstić information content (AvgIpc) is 3.11. The highest BCUT2D eigenvalue weighted by atomic mass is 19.4. The van der Waals surface area contributed by atoms with E-state index in [4.69, 9.17) is 15.2 Å². The number of aliphatic imine (C=N–C) groups is 1. The van der Waals surface area contributed by atoms with Crippen molar-refractivity contribution >= 4 is 11.6 Å². The minimum absolute atomic E-state index is 0.00271. The number of hydrogen-bond donors (Lipinski definition) is 3. The molecule has 2 heterocycles. The summed E-state index contributed by atoms with van der Waals surface area (Å²) in [4.78, 5) is 4.19. The Bertz CT molecular complexity index is 1030. The Morgan fingerprint density at radius 3 is 2.55 bits per heavy atom. The molecule has 0 aromatic heterocycles. The van der Waals surface area contributed by atoms with Crippen molar-refractivity contribution in [3.8, 4) is 11.5 Å². The summed E-state index contributed by atoms with van der Waals surface area (Å²) in [6.07, 6.45) is -3.85. The Balaban J connectivity index is 1.74. The molecular weight excluding hydrogens is 385 g/mol. The number of nitrogens with one attached hydrogen (secondary N) is 2. The second kappa shape index (κ2) is 6.70. The van der Waals surface area contributed by atoms with Crippen LogP contribution in [0.15, 0.2) is 53.2 Å². The van der Waals surface area contributed by atoms with Gasteiger partial charge < -0.3 is 20.1 Å². The predicted octanol–water partition coefficient (Wildman–Crippen LogP) is 3.66. The molecule has 0 radical (unpaired) electrons. The number of halogens is 3. The number of rotatable bonds is 2. The summed E-state index contributed by atoms with van der Waals surface area (Å²) < 4.78 is 51.7. The molecule has 0 saturated heterocycles. The van der Waals surface area contributed by atoms with Crippen LogP contribution in [0.1, 0.15) is 16.7 Å². The lowest BCUT2D eigenvalue weighted by Crippen LogP contribution is -2.49. The predicted molar refractivity (Wildman–Crippen MR) is 103 cm³/mol. The van der Waals surface area contributed by atoms with E-state index in [0.29, 0.717) is 17.2 Å². The fourth-order valence-corrected chi connectivity index (χ4v) is 3.19. The molecule has 0 amide bonds. The first-order valence-electron chi connectivity index (χ1n) is 8.84. The van der Waals surface area contributed by atoms with E-state index in [9.17, 15) is 13.2 Å². The summed E-state index contributed by atoms with van der Waals surface area (Å²) in [5.74, 6) is 0.869. The molecule has 0 aliphatic carbocycles. The van der Waals surface area contributed by atoms with E-state index in [2.05, 4.69) is 15.6 Å². The van der Waals surface area contributed by atoms with Gasteiger partial charge in [-0.1, -0.05) is 12.1 Å². The van der Waals surface area contributed by atoms with Crippen LogP contribution in [0.2, 0.25) is 0 Å². The number of fused-ring (bicyclic) bond motifs is 1. The molecule has 6 nitrogen and oxygen atoms in total. The van der Waals surface area contributed by atoms with Gasteiger partial charge in [0.2, 0.25) is 12.8 Å². The lowest BCUT2D eigenvalue weighted by Gasteiger charge is -2.34. The monoisotopic (exact) mass is 404 g/mol. The third-order valence-corrected chi connectivity index (χ3v) is 4.94. The topological polar surface area (TPSA) is 80.9 Å². The van der Waals surface area contributed by atoms with Gasteiger partial charge in [-0.2, -0.15) is 13.2 Å². The Hall–Kier alpha value is -3.20. The maximum Gasteiger partial charge on any atom is 0.418 e. The van der Waals surface area contributed by atoms with Gasteiger partial charge in [0, 0.05) is 17.5 Å². The van der Waals surface area contributed by atoms with Crippen molar-refractivity contribution in [2.45, 2.75) is 25.7 Å². The number of aryl methyl sites for hydroxylation is 2. The first-order chi connectivity index (χ1) is 13.7. The summed E-state index contributed by atoms with van der Waals surface area (Å²) in [5, 5.41) is 5.55. The number of hydrogen-bond acceptors (Lipinski definition) is 6. The Morgan fingerprint density at radius 2 is 1.83 bits per heavy atom. The van der Waals surface area contributed by atoms with Crippen molar-refractivity contribution in [1.82, 2.24) is 5.32 Å². The van der Waals surface area contributed by atoms with Crippen molar-refractivity contribution in [2.24, 2.45) is 10.7 Å². The number of guanidine groups is 1. The minimum atomic E-state index is -4.69. The molecule has 29 heavy (non-hydrogen) atoms. The molecular formula is C20H19F3N4O2. The van der Waals surface area contributed by atoms with Gasteiger partial charge in [0.1, 0.15) is 0 Å². The fraction of sp³-hybridized carbons (Fsp3) is 0.250. The first kappa shape index (κ1) is 19.1. The normalized spacial score (nSPS) is 20.6. The largest absolute Gasteiger partial charge is 0.454 e. The van der Waals surface area contributed by atoms with E-state index in [0.717, 1.165) is 17.3 Å². The molecule has 2 aromatic carbocycles. The van der Waals surface area contributed by atoms with E-state index >= 15 is 0 Å². The molecule has 0 saturated carbocycles. The van der Waals surface area contributed by atoms with Crippen LogP contribution in [0.5, 0.6) is 11.5 Å². The van der Waals surface area contributed by atoms with Gasteiger partial charge in [-0.05, 0) is 49.2 Å². The summed E-state index contributed by atoms with van der Waals surface area (Å²) in [6, 6.07) is 10.00. The number of alkyl halides is 3. The molecule has 4 N–H and O–H groups in total. The second-order valence-corrected chi connectivity index (χ2v) is 6.92. The molecule has 2 aliphatic heterocycles. The number of benzene rings is 2. The molecule has 1 unspecified atom stereocenters. The molecule has 1 atom stereocenters. The molecule has 9 heteroatoms. The van der Waals surface area contributed by atoms with Gasteiger partial charge in [0.25, 0.3) is 0 Å². The van der Waals surface area contributed by atoms with Gasteiger partial charge in [-0.15, -0.1) is 0 Å². The number of anilines is 1. The summed E-state index contributed by atoms with van der Waals surface area (Å²) in [7, 11) is 0. The maximum atomic E-state index is 13.7. The van der Waals surface area contributed by atoms with Crippen LogP contribution in [0.3, 0.4) is 0 Å². The zero-order valence-electron chi connectivity index (χ0n) is 15.7. The Morgan fingerprint density at radius 1 is 1.07 bits per heavy atom. The number of nitrogens with zero attached hydrogens (tertiary/aromatic N) is 1. The van der Waals surface area contributed by atoms with Gasteiger partial charge in [-0.25, -0.2) is 4.99 Å². The van der Waals surface area contributed by atoms with Crippen molar-refractivity contribution in [3.63, 3.8) is 0 Å². The van der Waals surface area contributed by atoms with Crippen LogP contribution < -0.4 is 25.8 Å². The molecule has 152 valence electrons. The Kier molecular flexibility index (Phi) is 4.42. The van der Waals surface area contributed by atoms with Crippen LogP contribution >= 0.6 is 0 Å². The van der Waals surface area contributed by atoms with E-state index in [-0.39, 0.29) is 18.3 Å². The van der Waals surface area contributed by atoms with E-state index < -0.39 is 17.4 Å². The Labute approximate surface area is 165 Å². The number of ether oxygens (including phenoxy) is 2. The maximum absolute atomic E-state index is 13.7. The lowest BCUT2D eigenvalue weighted by atomic mass is 9.91. The zero-order valence-corrected chi connectivity index (χ0v) is 15.7. The molecule has 0 bridgehead atoms. The molecule has 2 aliphatic rings. The third kappa shape index (κ3) is 3.49. The van der Waals surface area contributed by atoms with Crippen molar-refractivity contribution in [1.29, 1.82) is 0 Å². The lowest BCUT2D eigenvalue weighted by molar-refractivity contribution is -0.102. The average molecular weight is 404 g/mol. The van der Waals surface area contributed by atoms with Crippen LogP contribution in [0.25, 0.3) is 0 Å². The van der Waals surface area contributed by atoms with E-state index in [1.165, 1.54) is 18.2 Å². The quantitative estimate of drug-likeness (QED) is 0.712. The van der Waals surface area contributed by atoms with E-state index in [1.807, 2.05) is 32.0 Å². The first-order valence-corrected chi connectivity index (χ1v) is 8.84. The summed E-state index contributed by atoms with van der Waals surface area (Å²) in [6.45, 7) is 3.92. The molecule has 4 rings (SSSR count). The van der Waals surface area contributed by atoms with Gasteiger partial charge >= 0.3 is 6.18 Å². The highest BCUT2D eigenvalue weighted by molar-refractivity contribution is 5.95. The second-order valence-electron chi connectivity index (χ2n) is 6.92. The molecule has 0 spiro atoms. The highest BCUT2D eigenvalue weighted by Crippen LogP contribution is 2.43. The summed E-state index contributed by atoms with van der Waals surface area (Å²) in [5.41, 5.74) is 6.01. The van der Waals surface area contributed by atoms with Crippen molar-refractivity contribution in [2.75, 3.05) is 12.1 Å². The SMILES string of the molecule is Cc1ccc(NC2=NC(N)(c3ccc4c(c3)OCO4)C(C(F)(F)F)=CN2)cc1C. The molecule has 2 aromatic rings. The van der Waals surface area contributed by atoms with Gasteiger partial charge in [0.05, 0.1) is 5.57 Å². The van der Waals surface area contributed by atoms with Crippen LogP contribution in [0, 0.1) is 13.8 Å². The van der Waals surface area contributed by atoms with Crippen LogP contribution in [0.4, 0.5) is 18.9 Å². The highest BCUT2D eigenvalue weighted by Gasteiger charge is 2.49. The zero-order chi connectivity index (χ0) is 20.8.